The van der Waals surface area contributed by atoms with E-state index in [0.29, 0.717) is 5.56 Å². The average molecular weight is 238 g/mol. The summed E-state index contributed by atoms with van der Waals surface area (Å²) in [6.45, 7) is 3.40. The minimum Gasteiger partial charge on any atom is -0.481 e. The first-order chi connectivity index (χ1) is 7.49. The summed E-state index contributed by atoms with van der Waals surface area (Å²) >= 11 is 1.50. The fourth-order valence-corrected chi connectivity index (χ4v) is 2.27. The Morgan fingerprint density at radius 2 is 1.88 bits per heavy atom. The van der Waals surface area contributed by atoms with Crippen molar-refractivity contribution in [2.45, 2.75) is 30.4 Å². The summed E-state index contributed by atoms with van der Waals surface area (Å²) in [6, 6.07) is 7.22. The second-order valence-electron chi connectivity index (χ2n) is 3.61. The normalized spacial score (nSPS) is 12.1. The monoisotopic (exact) mass is 238 g/mol. The molecule has 86 valence electrons. The molecule has 1 N–H and O–H groups in total. The molecule has 0 saturated carbocycles. The van der Waals surface area contributed by atoms with Crippen LogP contribution in [0, 0.1) is 0 Å². The number of carboxylic acid groups (broad SMARTS) is 1. The molecular weight excluding hydrogens is 224 g/mol. The van der Waals surface area contributed by atoms with E-state index in [0.717, 1.165) is 4.90 Å². The lowest BCUT2D eigenvalue weighted by Crippen LogP contribution is -2.05. The van der Waals surface area contributed by atoms with Gasteiger partial charge in [-0.3, -0.25) is 9.59 Å². The van der Waals surface area contributed by atoms with Gasteiger partial charge in [-0.15, -0.1) is 11.8 Å². The SMILES string of the molecule is CC(=O)c1ccc(SC(C)CC(=O)O)cc1. The molecule has 0 aliphatic carbocycles. The first-order valence-corrected chi connectivity index (χ1v) is 5.86. The molecule has 4 heteroatoms. The maximum absolute atomic E-state index is 11.0. The summed E-state index contributed by atoms with van der Waals surface area (Å²) in [5.41, 5.74) is 0.676. The van der Waals surface area contributed by atoms with Gasteiger partial charge >= 0.3 is 5.97 Å². The van der Waals surface area contributed by atoms with E-state index < -0.39 is 5.97 Å². The minimum atomic E-state index is -0.791. The molecule has 1 aromatic rings. The quantitative estimate of drug-likeness (QED) is 0.633. The summed E-state index contributed by atoms with van der Waals surface area (Å²) in [5, 5.41) is 8.65. The number of hydrogen-bond donors (Lipinski definition) is 1. The van der Waals surface area contributed by atoms with Crippen LogP contribution in [-0.2, 0) is 4.79 Å². The van der Waals surface area contributed by atoms with E-state index in [-0.39, 0.29) is 17.5 Å². The zero-order chi connectivity index (χ0) is 12.1. The van der Waals surface area contributed by atoms with Gasteiger partial charge in [0.1, 0.15) is 0 Å². The molecule has 0 aromatic heterocycles. The Hall–Kier alpha value is -1.29. The fraction of sp³-hybridized carbons (Fsp3) is 0.333. The highest BCUT2D eigenvalue weighted by Crippen LogP contribution is 2.25. The van der Waals surface area contributed by atoms with E-state index in [4.69, 9.17) is 5.11 Å². The van der Waals surface area contributed by atoms with Crippen molar-refractivity contribution < 1.29 is 14.7 Å². The largest absolute Gasteiger partial charge is 0.481 e. The standard InChI is InChI=1S/C12H14O3S/c1-8(7-12(14)15)16-11-5-3-10(4-6-11)9(2)13/h3-6,8H,7H2,1-2H3,(H,14,15). The van der Waals surface area contributed by atoms with Crippen molar-refractivity contribution in [1.29, 1.82) is 0 Å². The van der Waals surface area contributed by atoms with Gasteiger partial charge in [0.2, 0.25) is 0 Å². The number of hydrogen-bond acceptors (Lipinski definition) is 3. The van der Waals surface area contributed by atoms with Crippen molar-refractivity contribution >= 4 is 23.5 Å². The van der Waals surface area contributed by atoms with E-state index in [1.165, 1.54) is 18.7 Å². The number of benzene rings is 1. The Labute approximate surface area is 98.9 Å². The molecular formula is C12H14O3S. The number of carboxylic acids is 1. The van der Waals surface area contributed by atoms with Crippen LogP contribution in [0.15, 0.2) is 29.2 Å². The van der Waals surface area contributed by atoms with Gasteiger partial charge in [0.05, 0.1) is 6.42 Å². The van der Waals surface area contributed by atoms with Gasteiger partial charge in [-0.1, -0.05) is 19.1 Å². The van der Waals surface area contributed by atoms with Crippen molar-refractivity contribution in [1.82, 2.24) is 0 Å². The molecule has 0 fully saturated rings. The Morgan fingerprint density at radius 1 is 1.31 bits per heavy atom. The van der Waals surface area contributed by atoms with Crippen molar-refractivity contribution in [2.75, 3.05) is 0 Å². The maximum Gasteiger partial charge on any atom is 0.304 e. The van der Waals surface area contributed by atoms with Crippen molar-refractivity contribution in [3.63, 3.8) is 0 Å². The number of aliphatic carboxylic acids is 1. The van der Waals surface area contributed by atoms with Crippen molar-refractivity contribution in [2.24, 2.45) is 0 Å². The number of thioether (sulfide) groups is 1. The second-order valence-corrected chi connectivity index (χ2v) is 5.12. The predicted octanol–water partition coefficient (Wildman–Crippen LogP) is 2.84. The Balaban J connectivity index is 2.61. The molecule has 0 bridgehead atoms. The third kappa shape index (κ3) is 4.06. The molecule has 1 unspecified atom stereocenters. The third-order valence-electron chi connectivity index (χ3n) is 2.06. The van der Waals surface area contributed by atoms with Crippen molar-refractivity contribution in [3.05, 3.63) is 29.8 Å². The lowest BCUT2D eigenvalue weighted by Gasteiger charge is -2.08. The van der Waals surface area contributed by atoms with Gasteiger partial charge in [0.15, 0.2) is 5.78 Å². The van der Waals surface area contributed by atoms with Gasteiger partial charge in [0.25, 0.3) is 0 Å². The van der Waals surface area contributed by atoms with Gasteiger partial charge in [-0.25, -0.2) is 0 Å². The van der Waals surface area contributed by atoms with E-state index in [9.17, 15) is 9.59 Å². The van der Waals surface area contributed by atoms with Crippen LogP contribution in [0.3, 0.4) is 0 Å². The molecule has 0 spiro atoms. The van der Waals surface area contributed by atoms with Crippen LogP contribution in [0.25, 0.3) is 0 Å². The van der Waals surface area contributed by atoms with Gasteiger partial charge in [-0.05, 0) is 19.1 Å². The highest BCUT2D eigenvalue weighted by Gasteiger charge is 2.09. The molecule has 0 amide bonds. The highest BCUT2D eigenvalue weighted by atomic mass is 32.2. The zero-order valence-corrected chi connectivity index (χ0v) is 10.1. The summed E-state index contributed by atoms with van der Waals surface area (Å²) in [6.07, 6.45) is 0.138. The number of carbonyl (C=O) groups excluding carboxylic acids is 1. The zero-order valence-electron chi connectivity index (χ0n) is 9.27. The van der Waals surface area contributed by atoms with E-state index in [1.54, 1.807) is 12.1 Å². The molecule has 3 nitrogen and oxygen atoms in total. The smallest absolute Gasteiger partial charge is 0.304 e. The van der Waals surface area contributed by atoms with Crippen LogP contribution in [0.1, 0.15) is 30.6 Å². The number of carbonyl (C=O) groups is 2. The van der Waals surface area contributed by atoms with Crippen molar-refractivity contribution in [3.8, 4) is 0 Å². The van der Waals surface area contributed by atoms with Crippen LogP contribution in [-0.4, -0.2) is 22.1 Å². The number of ketones is 1. The molecule has 1 rings (SSSR count). The first-order valence-electron chi connectivity index (χ1n) is 4.98. The lowest BCUT2D eigenvalue weighted by molar-refractivity contribution is -0.136. The molecule has 1 aromatic carbocycles. The van der Waals surface area contributed by atoms with Crippen LogP contribution < -0.4 is 0 Å². The average Bonchev–Trinajstić information content (AvgIpc) is 2.16. The van der Waals surface area contributed by atoms with Gasteiger partial charge in [0, 0.05) is 15.7 Å². The second kappa shape index (κ2) is 5.70. The number of rotatable bonds is 5. The highest BCUT2D eigenvalue weighted by molar-refractivity contribution is 8.00. The Kier molecular flexibility index (Phi) is 4.55. The first kappa shape index (κ1) is 12.8. The Bertz CT molecular complexity index is 384. The van der Waals surface area contributed by atoms with Gasteiger partial charge < -0.3 is 5.11 Å². The molecule has 0 radical (unpaired) electrons. The minimum absolute atomic E-state index is 0.0284. The molecule has 0 aliphatic rings. The topological polar surface area (TPSA) is 54.4 Å². The number of Topliss-reactive ketones (excluding diaryl/α,β-unsaturated/α-hetero) is 1. The van der Waals surface area contributed by atoms with Crippen LogP contribution in [0.4, 0.5) is 0 Å². The maximum atomic E-state index is 11.0. The van der Waals surface area contributed by atoms with Crippen LogP contribution >= 0.6 is 11.8 Å². The fourth-order valence-electron chi connectivity index (χ4n) is 1.29. The Morgan fingerprint density at radius 3 is 2.31 bits per heavy atom. The lowest BCUT2D eigenvalue weighted by atomic mass is 10.2. The van der Waals surface area contributed by atoms with Crippen LogP contribution in [0.2, 0.25) is 0 Å². The van der Waals surface area contributed by atoms with E-state index >= 15 is 0 Å². The van der Waals surface area contributed by atoms with Crippen LogP contribution in [0.5, 0.6) is 0 Å². The molecule has 1 atom stereocenters. The summed E-state index contributed by atoms with van der Waals surface area (Å²) in [4.78, 5) is 22.5. The van der Waals surface area contributed by atoms with E-state index in [1.807, 2.05) is 19.1 Å². The van der Waals surface area contributed by atoms with E-state index in [2.05, 4.69) is 0 Å². The summed E-state index contributed by atoms with van der Waals surface area (Å²) in [7, 11) is 0. The molecule has 16 heavy (non-hydrogen) atoms. The summed E-state index contributed by atoms with van der Waals surface area (Å²) in [5.74, 6) is -0.754. The van der Waals surface area contributed by atoms with Gasteiger partial charge in [-0.2, -0.15) is 0 Å². The molecule has 0 heterocycles. The molecule has 0 saturated heterocycles. The predicted molar refractivity (Wildman–Crippen MR) is 64.0 cm³/mol. The summed E-state index contributed by atoms with van der Waals surface area (Å²) < 4.78 is 0. The third-order valence-corrected chi connectivity index (χ3v) is 3.17. The molecule has 0 aliphatic heterocycles.